The van der Waals surface area contributed by atoms with Crippen LogP contribution in [0.5, 0.6) is 5.75 Å². The van der Waals surface area contributed by atoms with Crippen LogP contribution in [0.4, 0.5) is 5.69 Å². The molecular formula is C22H33ClN4O3. The van der Waals surface area contributed by atoms with E-state index in [0.29, 0.717) is 43.4 Å². The monoisotopic (exact) mass is 436 g/mol. The van der Waals surface area contributed by atoms with E-state index in [2.05, 4.69) is 10.2 Å². The topological polar surface area (TPSA) is 65.1 Å². The molecule has 0 aromatic heterocycles. The van der Waals surface area contributed by atoms with Crippen molar-refractivity contribution in [3.63, 3.8) is 0 Å². The maximum Gasteiger partial charge on any atom is 0.236 e. The molecule has 1 aromatic carbocycles. The number of benzene rings is 1. The number of ether oxygens (including phenoxy) is 1. The van der Waals surface area contributed by atoms with Crippen LogP contribution in [0.25, 0.3) is 0 Å². The highest BCUT2D eigenvalue weighted by Crippen LogP contribution is 2.27. The van der Waals surface area contributed by atoms with Crippen molar-refractivity contribution in [2.75, 3.05) is 64.8 Å². The molecule has 8 heteroatoms. The minimum Gasteiger partial charge on any atom is -0.495 e. The Balaban J connectivity index is 1.38. The zero-order chi connectivity index (χ0) is 21.3. The molecule has 0 saturated carbocycles. The van der Waals surface area contributed by atoms with Crippen molar-refractivity contribution in [2.24, 2.45) is 0 Å². The third-order valence-electron chi connectivity index (χ3n) is 5.86. The lowest BCUT2D eigenvalue weighted by molar-refractivity contribution is -0.135. The van der Waals surface area contributed by atoms with E-state index in [-0.39, 0.29) is 11.8 Å². The number of nitrogens with one attached hydrogen (secondary N) is 1. The van der Waals surface area contributed by atoms with E-state index in [9.17, 15) is 9.59 Å². The molecule has 7 nitrogen and oxygen atoms in total. The summed E-state index contributed by atoms with van der Waals surface area (Å²) >= 11 is 6.04. The van der Waals surface area contributed by atoms with E-state index in [4.69, 9.17) is 16.3 Å². The quantitative estimate of drug-likeness (QED) is 0.711. The summed E-state index contributed by atoms with van der Waals surface area (Å²) in [5.41, 5.74) is 0.787. The lowest BCUT2D eigenvalue weighted by Crippen LogP contribution is -2.51. The van der Waals surface area contributed by atoms with Crippen molar-refractivity contribution in [3.05, 3.63) is 23.2 Å². The largest absolute Gasteiger partial charge is 0.495 e. The molecule has 2 fully saturated rings. The number of methoxy groups -OCH3 is 1. The SMILES string of the molecule is COc1ccc(Cl)cc1NCCC(=O)N1CCN(CC(=O)N2CCCCCC2)CC1. The van der Waals surface area contributed by atoms with Crippen molar-refractivity contribution in [1.29, 1.82) is 0 Å². The number of likely N-dealkylation sites (tertiary alicyclic amines) is 1. The normalized spacial score (nSPS) is 18.1. The average molecular weight is 437 g/mol. The maximum atomic E-state index is 12.6. The Labute approximate surface area is 184 Å². The average Bonchev–Trinajstić information content (AvgIpc) is 3.04. The van der Waals surface area contributed by atoms with Gasteiger partial charge in [-0.3, -0.25) is 14.5 Å². The summed E-state index contributed by atoms with van der Waals surface area (Å²) in [7, 11) is 1.61. The lowest BCUT2D eigenvalue weighted by Gasteiger charge is -2.35. The number of hydrogen-bond donors (Lipinski definition) is 1. The van der Waals surface area contributed by atoms with Crippen molar-refractivity contribution < 1.29 is 14.3 Å². The summed E-state index contributed by atoms with van der Waals surface area (Å²) < 4.78 is 5.32. The number of carbonyl (C=O) groups is 2. The van der Waals surface area contributed by atoms with E-state index >= 15 is 0 Å². The number of piperazine rings is 1. The van der Waals surface area contributed by atoms with E-state index in [1.165, 1.54) is 12.8 Å². The molecule has 0 unspecified atom stereocenters. The van der Waals surface area contributed by atoms with Crippen molar-refractivity contribution >= 4 is 29.1 Å². The molecular weight excluding hydrogens is 404 g/mol. The summed E-state index contributed by atoms with van der Waals surface area (Å²) in [6.45, 7) is 5.62. The summed E-state index contributed by atoms with van der Waals surface area (Å²) in [5, 5.41) is 3.85. The Morgan fingerprint density at radius 1 is 0.967 bits per heavy atom. The van der Waals surface area contributed by atoms with Crippen LogP contribution in [-0.4, -0.2) is 86.0 Å². The number of nitrogens with zero attached hydrogens (tertiary/aromatic N) is 3. The van der Waals surface area contributed by atoms with Gasteiger partial charge in [0.2, 0.25) is 11.8 Å². The Morgan fingerprint density at radius 3 is 2.30 bits per heavy atom. The van der Waals surface area contributed by atoms with Crippen LogP contribution >= 0.6 is 11.6 Å². The molecule has 0 radical (unpaired) electrons. The third kappa shape index (κ3) is 6.51. The molecule has 30 heavy (non-hydrogen) atoms. The van der Waals surface area contributed by atoms with Gasteiger partial charge < -0.3 is 19.9 Å². The zero-order valence-electron chi connectivity index (χ0n) is 17.9. The highest BCUT2D eigenvalue weighted by atomic mass is 35.5. The summed E-state index contributed by atoms with van der Waals surface area (Å²) in [4.78, 5) is 31.2. The van der Waals surface area contributed by atoms with Gasteiger partial charge in [0, 0.05) is 57.3 Å². The molecule has 3 rings (SSSR count). The van der Waals surface area contributed by atoms with Gasteiger partial charge >= 0.3 is 0 Å². The second kappa shape index (κ2) is 11.4. The van der Waals surface area contributed by atoms with E-state index in [1.54, 1.807) is 25.3 Å². The summed E-state index contributed by atoms with van der Waals surface area (Å²) in [6.07, 6.45) is 5.08. The van der Waals surface area contributed by atoms with Gasteiger partial charge in [-0.2, -0.15) is 0 Å². The van der Waals surface area contributed by atoms with Crippen molar-refractivity contribution in [2.45, 2.75) is 32.1 Å². The number of anilines is 1. The van der Waals surface area contributed by atoms with Crippen LogP contribution in [0.3, 0.4) is 0 Å². The van der Waals surface area contributed by atoms with Crippen LogP contribution in [0.15, 0.2) is 18.2 Å². The lowest BCUT2D eigenvalue weighted by atomic mass is 10.2. The minimum atomic E-state index is 0.127. The fourth-order valence-corrected chi connectivity index (χ4v) is 4.22. The first-order chi connectivity index (χ1) is 14.6. The predicted octanol–water partition coefficient (Wildman–Crippen LogP) is 2.70. The van der Waals surface area contributed by atoms with E-state index in [0.717, 1.165) is 44.7 Å². The standard InChI is InChI=1S/C22H33ClN4O3/c1-30-20-7-6-18(23)16-19(20)24-9-8-21(28)27-14-12-25(13-15-27)17-22(29)26-10-4-2-3-5-11-26/h6-7,16,24H,2-5,8-15,17H2,1H3. The van der Waals surface area contributed by atoms with Crippen LogP contribution in [0, 0.1) is 0 Å². The molecule has 0 spiro atoms. The zero-order valence-corrected chi connectivity index (χ0v) is 18.6. The highest BCUT2D eigenvalue weighted by molar-refractivity contribution is 6.30. The second-order valence-corrected chi connectivity index (χ2v) is 8.41. The van der Waals surface area contributed by atoms with E-state index in [1.807, 2.05) is 9.80 Å². The fourth-order valence-electron chi connectivity index (χ4n) is 4.05. The Bertz CT molecular complexity index is 714. The van der Waals surface area contributed by atoms with Crippen LogP contribution in [-0.2, 0) is 9.59 Å². The smallest absolute Gasteiger partial charge is 0.236 e. The molecule has 1 N–H and O–H groups in total. The first-order valence-electron chi connectivity index (χ1n) is 10.9. The molecule has 2 aliphatic heterocycles. The molecule has 0 bridgehead atoms. The van der Waals surface area contributed by atoms with Gasteiger partial charge in [0.25, 0.3) is 0 Å². The van der Waals surface area contributed by atoms with Gasteiger partial charge in [0.15, 0.2) is 0 Å². The highest BCUT2D eigenvalue weighted by Gasteiger charge is 2.24. The van der Waals surface area contributed by atoms with Crippen molar-refractivity contribution in [1.82, 2.24) is 14.7 Å². The molecule has 0 atom stereocenters. The van der Waals surface area contributed by atoms with E-state index < -0.39 is 0 Å². The number of hydrogen-bond acceptors (Lipinski definition) is 5. The Hall–Kier alpha value is -1.99. The first kappa shape index (κ1) is 22.7. The third-order valence-corrected chi connectivity index (χ3v) is 6.09. The number of halogens is 1. The minimum absolute atomic E-state index is 0.127. The van der Waals surface area contributed by atoms with Gasteiger partial charge in [0.1, 0.15) is 5.75 Å². The molecule has 0 aliphatic carbocycles. The Kier molecular flexibility index (Phi) is 8.63. The number of carbonyl (C=O) groups excluding carboxylic acids is 2. The van der Waals surface area contributed by atoms with Crippen LogP contribution in [0.2, 0.25) is 5.02 Å². The van der Waals surface area contributed by atoms with Crippen LogP contribution < -0.4 is 10.1 Å². The Morgan fingerprint density at radius 2 is 1.63 bits per heavy atom. The molecule has 2 saturated heterocycles. The molecule has 2 heterocycles. The second-order valence-electron chi connectivity index (χ2n) is 7.97. The number of rotatable bonds is 7. The molecule has 166 valence electrons. The predicted molar refractivity (Wildman–Crippen MR) is 119 cm³/mol. The fraction of sp³-hybridized carbons (Fsp3) is 0.636. The van der Waals surface area contributed by atoms with Gasteiger partial charge in [0.05, 0.1) is 19.3 Å². The van der Waals surface area contributed by atoms with Gasteiger partial charge in [-0.15, -0.1) is 0 Å². The van der Waals surface area contributed by atoms with Gasteiger partial charge in [-0.25, -0.2) is 0 Å². The van der Waals surface area contributed by atoms with Gasteiger partial charge in [-0.05, 0) is 31.0 Å². The van der Waals surface area contributed by atoms with Gasteiger partial charge in [-0.1, -0.05) is 24.4 Å². The summed E-state index contributed by atoms with van der Waals surface area (Å²) in [5.74, 6) is 1.06. The van der Waals surface area contributed by atoms with Crippen molar-refractivity contribution in [3.8, 4) is 5.75 Å². The molecule has 2 aliphatic rings. The van der Waals surface area contributed by atoms with Crippen LogP contribution in [0.1, 0.15) is 32.1 Å². The molecule has 1 aromatic rings. The summed E-state index contributed by atoms with van der Waals surface area (Å²) in [6, 6.07) is 5.37. The maximum absolute atomic E-state index is 12.6. The number of amides is 2. The molecule has 2 amide bonds. The first-order valence-corrected chi connectivity index (χ1v) is 11.3.